The molecule has 8 nitrogen and oxygen atoms in total. The van der Waals surface area contributed by atoms with E-state index >= 15 is 0 Å². The Balaban J connectivity index is 1.82. The van der Waals surface area contributed by atoms with Crippen LogP contribution in [0.5, 0.6) is 0 Å². The number of nitrogens with zero attached hydrogens (tertiary/aromatic N) is 6. The number of rotatable bonds is 3. The molecule has 0 saturated carbocycles. The lowest BCUT2D eigenvalue weighted by atomic mass is 10.1. The fourth-order valence-corrected chi connectivity index (χ4v) is 3.83. The molecule has 1 saturated heterocycles. The summed E-state index contributed by atoms with van der Waals surface area (Å²) >= 11 is 0. The molecule has 134 valence electrons. The second-order valence-electron chi connectivity index (χ2n) is 6.98. The molecular formula is C17H24N6O2. The highest BCUT2D eigenvalue weighted by atomic mass is 16.2. The van der Waals surface area contributed by atoms with Gasteiger partial charge < -0.3 is 9.47 Å². The van der Waals surface area contributed by atoms with Gasteiger partial charge in [0.1, 0.15) is 0 Å². The normalized spacial score (nSPS) is 16.3. The summed E-state index contributed by atoms with van der Waals surface area (Å²) in [6.07, 6.45) is 5.80. The van der Waals surface area contributed by atoms with Crippen molar-refractivity contribution in [3.63, 3.8) is 0 Å². The van der Waals surface area contributed by atoms with Gasteiger partial charge in [-0.25, -0.2) is 4.79 Å². The van der Waals surface area contributed by atoms with Gasteiger partial charge in [0.05, 0.1) is 0 Å². The second-order valence-corrected chi connectivity index (χ2v) is 6.98. The molecule has 25 heavy (non-hydrogen) atoms. The molecule has 4 heterocycles. The van der Waals surface area contributed by atoms with Crippen LogP contribution >= 0.6 is 0 Å². The lowest BCUT2D eigenvalue weighted by Gasteiger charge is -2.26. The summed E-state index contributed by atoms with van der Waals surface area (Å²) in [6, 6.07) is 0. The van der Waals surface area contributed by atoms with Gasteiger partial charge in [-0.3, -0.25) is 18.3 Å². The van der Waals surface area contributed by atoms with Gasteiger partial charge in [-0.15, -0.1) is 0 Å². The third-order valence-electron chi connectivity index (χ3n) is 5.34. The first-order valence-corrected chi connectivity index (χ1v) is 8.85. The standard InChI is InChI=1S/C17H24N6O2/c1-12-11-23-13-14(19(2)17(25)20(3)15(13)24)18-16(23)22(12)10-9-21-7-5-4-6-8-21/h11H,4-10H2,1-3H3. The molecule has 1 aliphatic heterocycles. The second kappa shape index (κ2) is 5.87. The number of hydrogen-bond acceptors (Lipinski definition) is 4. The van der Waals surface area contributed by atoms with Crippen LogP contribution in [0.25, 0.3) is 16.9 Å². The number of likely N-dealkylation sites (tertiary alicyclic amines) is 1. The average molecular weight is 344 g/mol. The summed E-state index contributed by atoms with van der Waals surface area (Å²) in [7, 11) is 3.16. The Morgan fingerprint density at radius 2 is 1.76 bits per heavy atom. The Hall–Kier alpha value is -2.35. The minimum Gasteiger partial charge on any atom is -0.313 e. The first-order chi connectivity index (χ1) is 12.0. The predicted octanol–water partition coefficient (Wildman–Crippen LogP) is 0.481. The number of imidazole rings is 2. The summed E-state index contributed by atoms with van der Waals surface area (Å²) in [5, 5.41) is 0. The van der Waals surface area contributed by atoms with E-state index in [2.05, 4.69) is 14.5 Å². The van der Waals surface area contributed by atoms with E-state index < -0.39 is 0 Å². The summed E-state index contributed by atoms with van der Waals surface area (Å²) in [5.74, 6) is 0.725. The van der Waals surface area contributed by atoms with E-state index in [1.54, 1.807) is 7.05 Å². The number of hydrogen-bond donors (Lipinski definition) is 0. The maximum absolute atomic E-state index is 12.6. The van der Waals surface area contributed by atoms with Crippen LogP contribution in [-0.2, 0) is 20.6 Å². The molecule has 0 unspecified atom stereocenters. The first kappa shape index (κ1) is 16.1. The van der Waals surface area contributed by atoms with Crippen LogP contribution < -0.4 is 11.2 Å². The predicted molar refractivity (Wildman–Crippen MR) is 96.2 cm³/mol. The van der Waals surface area contributed by atoms with E-state index in [1.165, 1.54) is 30.9 Å². The fourth-order valence-electron chi connectivity index (χ4n) is 3.83. The summed E-state index contributed by atoms with van der Waals surface area (Å²) < 4.78 is 6.53. The Morgan fingerprint density at radius 3 is 2.48 bits per heavy atom. The van der Waals surface area contributed by atoms with Crippen LogP contribution in [0.3, 0.4) is 0 Å². The SMILES string of the molecule is Cc1cn2c3c(=O)n(C)c(=O)n(C)c3nc2n1CCN1CCCCC1. The van der Waals surface area contributed by atoms with E-state index in [1.807, 2.05) is 17.5 Å². The van der Waals surface area contributed by atoms with Crippen LogP contribution in [0, 0.1) is 6.92 Å². The molecule has 3 aromatic heterocycles. The Bertz CT molecular complexity index is 1060. The lowest BCUT2D eigenvalue weighted by Crippen LogP contribution is -2.37. The highest BCUT2D eigenvalue weighted by Crippen LogP contribution is 2.16. The molecule has 1 fully saturated rings. The van der Waals surface area contributed by atoms with Gasteiger partial charge >= 0.3 is 5.69 Å². The molecule has 0 atom stereocenters. The molecule has 0 spiro atoms. The topological polar surface area (TPSA) is 69.5 Å². The van der Waals surface area contributed by atoms with Crippen molar-refractivity contribution in [3.05, 3.63) is 32.7 Å². The van der Waals surface area contributed by atoms with Gasteiger partial charge in [0.15, 0.2) is 11.2 Å². The van der Waals surface area contributed by atoms with Crippen LogP contribution in [0.2, 0.25) is 0 Å². The highest BCUT2D eigenvalue weighted by molar-refractivity contribution is 5.75. The maximum Gasteiger partial charge on any atom is 0.332 e. The number of aryl methyl sites for hydroxylation is 2. The molecule has 0 N–H and O–H groups in total. The van der Waals surface area contributed by atoms with Gasteiger partial charge in [0, 0.05) is 39.1 Å². The van der Waals surface area contributed by atoms with E-state index in [0.717, 1.165) is 42.2 Å². The van der Waals surface area contributed by atoms with Crippen molar-refractivity contribution in [1.29, 1.82) is 0 Å². The average Bonchev–Trinajstić information content (AvgIpc) is 3.12. The highest BCUT2D eigenvalue weighted by Gasteiger charge is 2.19. The van der Waals surface area contributed by atoms with Crippen LogP contribution in [0.1, 0.15) is 25.0 Å². The molecule has 0 bridgehead atoms. The van der Waals surface area contributed by atoms with E-state index in [0.29, 0.717) is 11.2 Å². The van der Waals surface area contributed by atoms with E-state index in [-0.39, 0.29) is 11.2 Å². The monoisotopic (exact) mass is 344 g/mol. The fraction of sp³-hybridized carbons (Fsp3) is 0.588. The van der Waals surface area contributed by atoms with Crippen molar-refractivity contribution >= 4 is 16.9 Å². The van der Waals surface area contributed by atoms with Crippen LogP contribution in [0.15, 0.2) is 15.8 Å². The molecule has 0 aliphatic carbocycles. The minimum atomic E-state index is -0.352. The maximum atomic E-state index is 12.6. The van der Waals surface area contributed by atoms with Crippen LogP contribution in [-0.4, -0.2) is 47.6 Å². The molecule has 0 aromatic carbocycles. The Kier molecular flexibility index (Phi) is 3.79. The summed E-state index contributed by atoms with van der Waals surface area (Å²) in [4.78, 5) is 31.8. The quantitative estimate of drug-likeness (QED) is 0.693. The number of fused-ring (bicyclic) bond motifs is 3. The van der Waals surface area contributed by atoms with Crippen molar-refractivity contribution < 1.29 is 0 Å². The lowest BCUT2D eigenvalue weighted by molar-refractivity contribution is 0.221. The molecule has 0 radical (unpaired) electrons. The molecule has 8 heteroatoms. The van der Waals surface area contributed by atoms with Crippen molar-refractivity contribution in [2.45, 2.75) is 32.7 Å². The van der Waals surface area contributed by atoms with Gasteiger partial charge in [-0.05, 0) is 32.9 Å². The van der Waals surface area contributed by atoms with Gasteiger partial charge in [-0.1, -0.05) is 6.42 Å². The summed E-state index contributed by atoms with van der Waals surface area (Å²) in [6.45, 7) is 6.15. The van der Waals surface area contributed by atoms with E-state index in [4.69, 9.17) is 0 Å². The Labute approximate surface area is 144 Å². The smallest absolute Gasteiger partial charge is 0.313 e. The first-order valence-electron chi connectivity index (χ1n) is 8.85. The Morgan fingerprint density at radius 1 is 1.04 bits per heavy atom. The zero-order valence-electron chi connectivity index (χ0n) is 15.0. The third-order valence-corrected chi connectivity index (χ3v) is 5.34. The van der Waals surface area contributed by atoms with Gasteiger partial charge in [0.25, 0.3) is 5.56 Å². The van der Waals surface area contributed by atoms with Gasteiger partial charge in [0.2, 0.25) is 5.78 Å². The third kappa shape index (κ3) is 2.43. The summed E-state index contributed by atoms with van der Waals surface area (Å²) in [5.41, 5.74) is 1.31. The van der Waals surface area contributed by atoms with Gasteiger partial charge in [-0.2, -0.15) is 4.98 Å². The van der Waals surface area contributed by atoms with Crippen molar-refractivity contribution in [2.24, 2.45) is 14.1 Å². The zero-order chi connectivity index (χ0) is 17.7. The molecular weight excluding hydrogens is 320 g/mol. The molecule has 3 aromatic rings. The molecule has 1 aliphatic rings. The van der Waals surface area contributed by atoms with Crippen LogP contribution in [0.4, 0.5) is 0 Å². The molecule has 4 rings (SSSR count). The largest absolute Gasteiger partial charge is 0.332 e. The zero-order valence-corrected chi connectivity index (χ0v) is 15.0. The van der Waals surface area contributed by atoms with Crippen molar-refractivity contribution in [1.82, 2.24) is 28.0 Å². The molecule has 0 amide bonds. The number of piperidine rings is 1. The minimum absolute atomic E-state index is 0.307. The van der Waals surface area contributed by atoms with Crippen molar-refractivity contribution in [2.75, 3.05) is 19.6 Å². The number of aromatic nitrogens is 5. The van der Waals surface area contributed by atoms with Crippen molar-refractivity contribution in [3.8, 4) is 0 Å². The van der Waals surface area contributed by atoms with E-state index in [9.17, 15) is 9.59 Å².